The van der Waals surface area contributed by atoms with E-state index in [0.29, 0.717) is 13.2 Å². The fraction of sp³-hybridized carbons (Fsp3) is 0.500. The average Bonchev–Trinajstić information content (AvgIpc) is 2.76. The van der Waals surface area contributed by atoms with Crippen molar-refractivity contribution in [2.45, 2.75) is 51.9 Å². The Balaban J connectivity index is 2.14. The lowest BCUT2D eigenvalue weighted by Gasteiger charge is -2.54. The fourth-order valence-electron chi connectivity index (χ4n) is 5.27. The van der Waals surface area contributed by atoms with Gasteiger partial charge in [-0.3, -0.25) is 9.69 Å². The molecule has 2 aromatic rings. The smallest absolute Gasteiger partial charge is 0.309 e. The lowest BCUT2D eigenvalue weighted by atomic mass is 10.1. The minimum absolute atomic E-state index is 0.0517. The normalized spacial score (nSPS) is 19.1. The molecule has 0 aliphatic carbocycles. The van der Waals surface area contributed by atoms with Gasteiger partial charge in [0.1, 0.15) is 0 Å². The summed E-state index contributed by atoms with van der Waals surface area (Å²) in [5.41, 5.74) is 0. The van der Waals surface area contributed by atoms with E-state index in [4.69, 9.17) is 4.74 Å². The number of ether oxygens (including phenoxy) is 1. The molecule has 0 bridgehead atoms. The van der Waals surface area contributed by atoms with Crippen molar-refractivity contribution in [3.8, 4) is 0 Å². The molecule has 2 unspecified atom stereocenters. The second-order valence-corrected chi connectivity index (χ2v) is 14.5. The minimum atomic E-state index is -2.37. The van der Waals surface area contributed by atoms with Crippen molar-refractivity contribution < 1.29 is 9.53 Å². The molecule has 1 fully saturated rings. The van der Waals surface area contributed by atoms with Gasteiger partial charge >= 0.3 is 5.97 Å². The van der Waals surface area contributed by atoms with Gasteiger partial charge in [0.05, 0.1) is 18.3 Å². The molecule has 1 saturated heterocycles. The maximum atomic E-state index is 12.5. The molecule has 1 aliphatic rings. The van der Waals surface area contributed by atoms with E-state index >= 15 is 0 Å². The third-order valence-electron chi connectivity index (χ3n) is 6.57. The molecule has 168 valence electrons. The van der Waals surface area contributed by atoms with Gasteiger partial charge in [0, 0.05) is 13.1 Å². The van der Waals surface area contributed by atoms with Gasteiger partial charge in [-0.2, -0.15) is 0 Å². The van der Waals surface area contributed by atoms with Crippen LogP contribution in [0, 0.1) is 5.92 Å². The van der Waals surface area contributed by atoms with E-state index in [1.54, 1.807) is 0 Å². The van der Waals surface area contributed by atoms with Gasteiger partial charge < -0.3 is 10.1 Å². The third kappa shape index (κ3) is 4.79. The SMILES string of the molecule is CCOC(=O)C(C)CN1CCCNC1[Si](c1ccccc1)(c1ccccc1)C(C)(C)C. The van der Waals surface area contributed by atoms with E-state index in [0.717, 1.165) is 19.5 Å². The molecule has 0 spiro atoms. The monoisotopic (exact) mass is 438 g/mol. The van der Waals surface area contributed by atoms with Gasteiger partial charge in [-0.25, -0.2) is 0 Å². The third-order valence-corrected chi connectivity index (χ3v) is 12.8. The van der Waals surface area contributed by atoms with Gasteiger partial charge in [0.25, 0.3) is 0 Å². The van der Waals surface area contributed by atoms with Crippen LogP contribution in [-0.2, 0) is 9.53 Å². The number of carbonyl (C=O) groups excluding carboxylic acids is 1. The predicted octanol–water partition coefficient (Wildman–Crippen LogP) is 3.41. The molecule has 3 rings (SSSR count). The van der Waals surface area contributed by atoms with E-state index in [1.165, 1.54) is 10.4 Å². The van der Waals surface area contributed by atoms with Crippen LogP contribution in [0.4, 0.5) is 0 Å². The molecule has 0 aromatic heterocycles. The lowest BCUT2D eigenvalue weighted by Crippen LogP contribution is -2.80. The average molecular weight is 439 g/mol. The minimum Gasteiger partial charge on any atom is -0.466 e. The van der Waals surface area contributed by atoms with Crippen LogP contribution in [0.3, 0.4) is 0 Å². The number of nitrogens with one attached hydrogen (secondary N) is 1. The molecule has 0 amide bonds. The molecule has 31 heavy (non-hydrogen) atoms. The maximum Gasteiger partial charge on any atom is 0.309 e. The van der Waals surface area contributed by atoms with Crippen molar-refractivity contribution in [1.82, 2.24) is 10.2 Å². The highest BCUT2D eigenvalue weighted by Crippen LogP contribution is 2.39. The van der Waals surface area contributed by atoms with Crippen molar-refractivity contribution in [2.24, 2.45) is 5.92 Å². The summed E-state index contributed by atoms with van der Waals surface area (Å²) in [6.45, 7) is 14.2. The Kier molecular flexibility index (Phi) is 7.73. The molecular formula is C26H38N2O2Si. The fourth-order valence-corrected chi connectivity index (χ4v) is 11.5. The summed E-state index contributed by atoms with van der Waals surface area (Å²) >= 11 is 0. The van der Waals surface area contributed by atoms with Crippen LogP contribution >= 0.6 is 0 Å². The highest BCUT2D eigenvalue weighted by atomic mass is 28.3. The summed E-state index contributed by atoms with van der Waals surface area (Å²) in [6, 6.07) is 22.1. The molecule has 1 N–H and O–H groups in total. The van der Waals surface area contributed by atoms with Crippen molar-refractivity contribution in [1.29, 1.82) is 0 Å². The quantitative estimate of drug-likeness (QED) is 0.531. The van der Waals surface area contributed by atoms with E-state index in [-0.39, 0.29) is 22.7 Å². The van der Waals surface area contributed by atoms with Crippen molar-refractivity contribution in [2.75, 3.05) is 26.2 Å². The van der Waals surface area contributed by atoms with Crippen LogP contribution in [0.25, 0.3) is 0 Å². The number of esters is 1. The predicted molar refractivity (Wildman–Crippen MR) is 131 cm³/mol. The Bertz CT molecular complexity index is 796. The number of hydrogen-bond acceptors (Lipinski definition) is 4. The summed E-state index contributed by atoms with van der Waals surface area (Å²) in [6.07, 6.45) is 1.09. The van der Waals surface area contributed by atoms with Gasteiger partial charge in [0.2, 0.25) is 0 Å². The Labute approximate surface area is 189 Å². The summed E-state index contributed by atoms with van der Waals surface area (Å²) in [5.74, 6) is -0.0576. The van der Waals surface area contributed by atoms with E-state index in [9.17, 15) is 4.79 Å². The van der Waals surface area contributed by atoms with Crippen LogP contribution in [0.5, 0.6) is 0 Å². The summed E-state index contributed by atoms with van der Waals surface area (Å²) in [7, 11) is -2.37. The summed E-state index contributed by atoms with van der Waals surface area (Å²) < 4.78 is 5.33. The number of nitrogens with zero attached hydrogens (tertiary/aromatic N) is 1. The first-order valence-electron chi connectivity index (χ1n) is 11.6. The van der Waals surface area contributed by atoms with E-state index < -0.39 is 8.07 Å². The van der Waals surface area contributed by atoms with Crippen LogP contribution in [0.1, 0.15) is 41.0 Å². The van der Waals surface area contributed by atoms with Gasteiger partial charge in [-0.05, 0) is 24.9 Å². The van der Waals surface area contributed by atoms with Crippen LogP contribution in [0.15, 0.2) is 60.7 Å². The van der Waals surface area contributed by atoms with Gasteiger partial charge in [-0.15, -0.1) is 0 Å². The number of carbonyl (C=O) groups is 1. The molecule has 1 heterocycles. The van der Waals surface area contributed by atoms with E-state index in [1.807, 2.05) is 13.8 Å². The Morgan fingerprint density at radius 1 is 1.10 bits per heavy atom. The molecule has 0 radical (unpaired) electrons. The summed E-state index contributed by atoms with van der Waals surface area (Å²) in [5, 5.41) is 6.84. The van der Waals surface area contributed by atoms with Crippen molar-refractivity contribution in [3.05, 3.63) is 60.7 Å². The molecule has 0 saturated carbocycles. The van der Waals surface area contributed by atoms with E-state index in [2.05, 4.69) is 91.7 Å². The van der Waals surface area contributed by atoms with Crippen molar-refractivity contribution >= 4 is 24.4 Å². The van der Waals surface area contributed by atoms with Crippen LogP contribution < -0.4 is 15.7 Å². The molecule has 2 aromatic carbocycles. The molecular weight excluding hydrogens is 400 g/mol. The zero-order valence-electron chi connectivity index (χ0n) is 19.7. The highest BCUT2D eigenvalue weighted by Gasteiger charge is 2.55. The van der Waals surface area contributed by atoms with Crippen LogP contribution in [0.2, 0.25) is 5.04 Å². The second-order valence-electron chi connectivity index (χ2n) is 9.65. The first-order chi connectivity index (χ1) is 14.8. The van der Waals surface area contributed by atoms with Crippen molar-refractivity contribution in [3.63, 3.8) is 0 Å². The first-order valence-corrected chi connectivity index (χ1v) is 13.6. The molecule has 5 heteroatoms. The lowest BCUT2D eigenvalue weighted by molar-refractivity contribution is -0.148. The Morgan fingerprint density at radius 2 is 1.65 bits per heavy atom. The zero-order valence-corrected chi connectivity index (χ0v) is 20.7. The van der Waals surface area contributed by atoms with Crippen LogP contribution in [-0.4, -0.2) is 51.0 Å². The number of benzene rings is 2. The Morgan fingerprint density at radius 3 is 2.13 bits per heavy atom. The first kappa shape index (κ1) is 23.7. The topological polar surface area (TPSA) is 41.6 Å². The second kappa shape index (κ2) is 10.1. The van der Waals surface area contributed by atoms with Gasteiger partial charge in [-0.1, -0.05) is 98.7 Å². The highest BCUT2D eigenvalue weighted by molar-refractivity contribution is 7.05. The largest absolute Gasteiger partial charge is 0.466 e. The molecule has 4 nitrogen and oxygen atoms in total. The number of rotatable bonds is 7. The zero-order chi connectivity index (χ0) is 22.5. The maximum absolute atomic E-state index is 12.5. The Hall–Kier alpha value is -1.95. The standard InChI is InChI=1S/C26H38N2O2Si/c1-6-30-24(29)21(2)20-28-19-13-18-27-25(28)31(26(3,4)5,22-14-9-7-10-15-22)23-16-11-8-12-17-23/h7-12,14-17,21,25,27H,6,13,18-20H2,1-5H3. The summed E-state index contributed by atoms with van der Waals surface area (Å²) in [4.78, 5) is 15.0. The number of hydrogen-bond donors (Lipinski definition) is 1. The molecule has 1 aliphatic heterocycles. The van der Waals surface area contributed by atoms with Gasteiger partial charge in [0.15, 0.2) is 8.07 Å². The molecule has 2 atom stereocenters.